The lowest BCUT2D eigenvalue weighted by atomic mass is 10.0. The summed E-state index contributed by atoms with van der Waals surface area (Å²) in [7, 11) is 0. The number of anilines is 1. The Bertz CT molecular complexity index is 953. The number of fused-ring (bicyclic) bond motifs is 1. The molecule has 10 heteroatoms. The molecule has 1 atom stereocenters. The van der Waals surface area contributed by atoms with Crippen LogP contribution in [0.25, 0.3) is 0 Å². The minimum Gasteiger partial charge on any atom is -0.367 e. The van der Waals surface area contributed by atoms with Crippen LogP contribution in [0, 0.1) is 11.7 Å². The number of rotatable bonds is 6. The molecular weight excluding hydrogens is 401 g/mol. The van der Waals surface area contributed by atoms with E-state index in [0.717, 1.165) is 26.2 Å². The minimum atomic E-state index is -0.399. The molecule has 31 heavy (non-hydrogen) atoms. The van der Waals surface area contributed by atoms with E-state index in [1.807, 2.05) is 24.8 Å². The summed E-state index contributed by atoms with van der Waals surface area (Å²) in [6.07, 6.45) is 0. The zero-order chi connectivity index (χ0) is 22.0. The highest BCUT2D eigenvalue weighted by molar-refractivity contribution is 6.05. The fraction of sp³-hybridized carbons (Fsp3) is 0.524. The molecule has 1 unspecified atom stereocenters. The maximum atomic E-state index is 14.0. The minimum absolute atomic E-state index is 0.0272. The Morgan fingerprint density at radius 2 is 2.00 bits per heavy atom. The lowest BCUT2D eigenvalue weighted by Gasteiger charge is -2.36. The van der Waals surface area contributed by atoms with Crippen LogP contribution in [-0.2, 0) is 6.54 Å². The lowest BCUT2D eigenvalue weighted by molar-refractivity contribution is 0.0861. The molecule has 2 aliphatic heterocycles. The molecule has 0 bridgehead atoms. The number of halogens is 1. The summed E-state index contributed by atoms with van der Waals surface area (Å²) in [5.41, 5.74) is 0.905. The van der Waals surface area contributed by atoms with Crippen molar-refractivity contribution in [1.29, 1.82) is 0 Å². The van der Waals surface area contributed by atoms with Crippen LogP contribution in [0.1, 0.15) is 34.8 Å². The summed E-state index contributed by atoms with van der Waals surface area (Å²) >= 11 is 0. The van der Waals surface area contributed by atoms with Crippen molar-refractivity contribution in [3.8, 4) is 0 Å². The Morgan fingerprint density at radius 3 is 2.71 bits per heavy atom. The smallest absolute Gasteiger partial charge is 0.274 e. The first-order chi connectivity index (χ1) is 14.9. The molecule has 2 amide bonds. The summed E-state index contributed by atoms with van der Waals surface area (Å²) in [4.78, 5) is 29.3. The number of benzene rings is 1. The molecular formula is C21H28FN7O2. The van der Waals surface area contributed by atoms with Crippen molar-refractivity contribution < 1.29 is 14.0 Å². The van der Waals surface area contributed by atoms with Gasteiger partial charge in [0.1, 0.15) is 5.82 Å². The first-order valence-corrected chi connectivity index (χ1v) is 10.7. The third kappa shape index (κ3) is 4.53. The quantitative estimate of drug-likeness (QED) is 0.703. The van der Waals surface area contributed by atoms with Crippen LogP contribution in [0.4, 0.5) is 10.1 Å². The summed E-state index contributed by atoms with van der Waals surface area (Å²) in [6, 6.07) is 6.78. The highest BCUT2D eigenvalue weighted by Gasteiger charge is 2.33. The van der Waals surface area contributed by atoms with Crippen molar-refractivity contribution in [3.63, 3.8) is 0 Å². The van der Waals surface area contributed by atoms with Gasteiger partial charge in [-0.25, -0.2) is 9.07 Å². The van der Waals surface area contributed by atoms with Crippen molar-refractivity contribution in [2.75, 3.05) is 44.2 Å². The van der Waals surface area contributed by atoms with Crippen LogP contribution in [0.2, 0.25) is 0 Å². The summed E-state index contributed by atoms with van der Waals surface area (Å²) in [5, 5.41) is 13.7. The number of para-hydroxylation sites is 1. The van der Waals surface area contributed by atoms with E-state index in [1.165, 1.54) is 10.7 Å². The molecule has 1 aromatic carbocycles. The van der Waals surface area contributed by atoms with E-state index >= 15 is 0 Å². The van der Waals surface area contributed by atoms with E-state index in [2.05, 4.69) is 25.8 Å². The van der Waals surface area contributed by atoms with Gasteiger partial charge >= 0.3 is 0 Å². The number of carbonyl (C=O) groups is 2. The maximum absolute atomic E-state index is 14.0. The number of nitrogens with zero attached hydrogens (tertiary/aromatic N) is 5. The van der Waals surface area contributed by atoms with Gasteiger partial charge in [-0.2, -0.15) is 0 Å². The predicted octanol–water partition coefficient (Wildman–Crippen LogP) is 0.737. The highest BCUT2D eigenvalue weighted by atomic mass is 19.1. The second-order valence-corrected chi connectivity index (χ2v) is 8.33. The van der Waals surface area contributed by atoms with Gasteiger partial charge in [0, 0.05) is 39.3 Å². The Morgan fingerprint density at radius 1 is 1.26 bits per heavy atom. The predicted molar refractivity (Wildman–Crippen MR) is 114 cm³/mol. The second kappa shape index (κ2) is 9.01. The van der Waals surface area contributed by atoms with Gasteiger partial charge in [0.05, 0.1) is 18.3 Å². The molecule has 0 aliphatic carbocycles. The third-order valence-electron chi connectivity index (χ3n) is 5.94. The van der Waals surface area contributed by atoms with E-state index in [1.54, 1.807) is 12.1 Å². The van der Waals surface area contributed by atoms with Gasteiger partial charge in [-0.3, -0.25) is 14.5 Å². The molecule has 1 aromatic heterocycles. The number of carbonyl (C=O) groups excluding carboxylic acids is 2. The summed E-state index contributed by atoms with van der Waals surface area (Å²) < 4.78 is 15.5. The molecule has 3 heterocycles. The number of piperazine rings is 1. The van der Waals surface area contributed by atoms with E-state index in [-0.39, 0.29) is 35.1 Å². The SMILES string of the molecule is CC(C)C1Cn2nnc(C(=O)NCCN3CCN(c4ccccc4F)CC3)c2C(=O)N1. The number of amides is 2. The summed E-state index contributed by atoms with van der Waals surface area (Å²) in [6.45, 7) is 8.67. The van der Waals surface area contributed by atoms with Gasteiger partial charge in [-0.15, -0.1) is 5.10 Å². The molecule has 2 N–H and O–H groups in total. The maximum Gasteiger partial charge on any atom is 0.274 e. The largest absolute Gasteiger partial charge is 0.367 e. The number of hydrogen-bond acceptors (Lipinski definition) is 6. The average Bonchev–Trinajstić information content (AvgIpc) is 3.19. The standard InChI is InChI=1S/C21H28FN7O2/c1-14(2)16-13-29-19(21(31)24-16)18(25-26-29)20(30)23-7-8-27-9-11-28(12-10-27)17-6-4-3-5-15(17)22/h3-6,14,16H,7-13H2,1-2H3,(H,23,30)(H,24,31). The summed E-state index contributed by atoms with van der Waals surface area (Å²) in [5.74, 6) is -0.657. The zero-order valence-electron chi connectivity index (χ0n) is 17.8. The zero-order valence-corrected chi connectivity index (χ0v) is 17.8. The Balaban J connectivity index is 1.27. The Labute approximate surface area is 180 Å². The Hall–Kier alpha value is -3.01. The van der Waals surface area contributed by atoms with Crippen molar-refractivity contribution in [2.45, 2.75) is 26.4 Å². The lowest BCUT2D eigenvalue weighted by Crippen LogP contribution is -2.49. The highest BCUT2D eigenvalue weighted by Crippen LogP contribution is 2.20. The van der Waals surface area contributed by atoms with Crippen LogP contribution in [-0.4, -0.2) is 77.0 Å². The Kier molecular flexibility index (Phi) is 6.17. The van der Waals surface area contributed by atoms with Gasteiger partial charge in [0.15, 0.2) is 11.4 Å². The van der Waals surface area contributed by atoms with E-state index in [9.17, 15) is 14.0 Å². The fourth-order valence-electron chi connectivity index (χ4n) is 4.00. The van der Waals surface area contributed by atoms with Crippen molar-refractivity contribution in [3.05, 3.63) is 41.5 Å². The molecule has 0 saturated carbocycles. The molecule has 2 aliphatic rings. The van der Waals surface area contributed by atoms with Crippen molar-refractivity contribution >= 4 is 17.5 Å². The van der Waals surface area contributed by atoms with Gasteiger partial charge in [0.25, 0.3) is 11.8 Å². The van der Waals surface area contributed by atoms with Crippen LogP contribution < -0.4 is 15.5 Å². The first kappa shape index (κ1) is 21.2. The molecule has 0 radical (unpaired) electrons. The first-order valence-electron chi connectivity index (χ1n) is 10.7. The van der Waals surface area contributed by atoms with Crippen molar-refractivity contribution in [1.82, 2.24) is 30.5 Å². The molecule has 1 saturated heterocycles. The van der Waals surface area contributed by atoms with Gasteiger partial charge in [-0.05, 0) is 18.1 Å². The molecule has 2 aromatic rings. The number of hydrogen-bond donors (Lipinski definition) is 2. The number of nitrogens with one attached hydrogen (secondary N) is 2. The van der Waals surface area contributed by atoms with E-state index in [0.29, 0.717) is 25.3 Å². The van der Waals surface area contributed by atoms with Crippen LogP contribution in [0.3, 0.4) is 0 Å². The van der Waals surface area contributed by atoms with E-state index < -0.39 is 5.91 Å². The topological polar surface area (TPSA) is 95.4 Å². The van der Waals surface area contributed by atoms with Gasteiger partial charge in [-0.1, -0.05) is 31.2 Å². The molecule has 4 rings (SSSR count). The monoisotopic (exact) mass is 429 g/mol. The van der Waals surface area contributed by atoms with Crippen LogP contribution in [0.15, 0.2) is 24.3 Å². The van der Waals surface area contributed by atoms with Crippen LogP contribution in [0.5, 0.6) is 0 Å². The molecule has 0 spiro atoms. The van der Waals surface area contributed by atoms with Crippen LogP contribution >= 0.6 is 0 Å². The van der Waals surface area contributed by atoms with Gasteiger partial charge < -0.3 is 15.5 Å². The average molecular weight is 430 g/mol. The second-order valence-electron chi connectivity index (χ2n) is 8.33. The van der Waals surface area contributed by atoms with Gasteiger partial charge in [0.2, 0.25) is 0 Å². The number of aromatic nitrogens is 3. The molecule has 9 nitrogen and oxygen atoms in total. The van der Waals surface area contributed by atoms with Crippen molar-refractivity contribution in [2.24, 2.45) is 5.92 Å². The van der Waals surface area contributed by atoms with E-state index in [4.69, 9.17) is 0 Å². The molecule has 1 fully saturated rings. The third-order valence-corrected chi connectivity index (χ3v) is 5.94. The normalized spacial score (nSPS) is 19.3. The molecule has 166 valence electrons. The fourth-order valence-corrected chi connectivity index (χ4v) is 4.00.